The summed E-state index contributed by atoms with van der Waals surface area (Å²) in [6.45, 7) is 0.678. The molecular formula is C14H21N3O4S. The second kappa shape index (κ2) is 7.17. The van der Waals surface area contributed by atoms with E-state index in [-0.39, 0.29) is 30.0 Å². The summed E-state index contributed by atoms with van der Waals surface area (Å²) < 4.78 is 30.4. The van der Waals surface area contributed by atoms with E-state index in [9.17, 15) is 13.2 Å². The van der Waals surface area contributed by atoms with Gasteiger partial charge in [-0.1, -0.05) is 6.07 Å². The molecule has 8 heteroatoms. The highest BCUT2D eigenvalue weighted by atomic mass is 32.2. The number of aromatic nitrogens is 1. The Morgan fingerprint density at radius 2 is 2.23 bits per heavy atom. The first-order valence-corrected chi connectivity index (χ1v) is 8.65. The Hall–Kier alpha value is -1.51. The number of carbonyl (C=O) groups excluding carboxylic acids is 1. The maximum atomic E-state index is 12.1. The van der Waals surface area contributed by atoms with Crippen LogP contribution in [-0.4, -0.2) is 62.7 Å². The smallest absolute Gasteiger partial charge is 0.224 e. The molecule has 1 aromatic rings. The summed E-state index contributed by atoms with van der Waals surface area (Å²) >= 11 is 0. The molecule has 0 spiro atoms. The van der Waals surface area contributed by atoms with Crippen LogP contribution in [0.4, 0.5) is 0 Å². The lowest BCUT2D eigenvalue weighted by Crippen LogP contribution is -2.44. The van der Waals surface area contributed by atoms with E-state index in [1.807, 2.05) is 6.07 Å². The summed E-state index contributed by atoms with van der Waals surface area (Å²) in [5.41, 5.74) is 0.816. The normalized spacial score (nSPS) is 22.0. The van der Waals surface area contributed by atoms with E-state index in [2.05, 4.69) is 10.3 Å². The van der Waals surface area contributed by atoms with Crippen LogP contribution in [0.5, 0.6) is 0 Å². The van der Waals surface area contributed by atoms with Gasteiger partial charge in [0.15, 0.2) is 0 Å². The molecule has 1 fully saturated rings. The Balaban J connectivity index is 1.92. The number of nitrogens with one attached hydrogen (secondary N) is 1. The molecular weight excluding hydrogens is 306 g/mol. The molecule has 1 saturated heterocycles. The summed E-state index contributed by atoms with van der Waals surface area (Å²) in [7, 11) is -0.315. The van der Waals surface area contributed by atoms with Crippen LogP contribution in [0.3, 0.4) is 0 Å². The summed E-state index contributed by atoms with van der Waals surface area (Å²) in [6, 6.07) is 3.32. The van der Waals surface area contributed by atoms with Gasteiger partial charge < -0.3 is 10.1 Å². The minimum atomic E-state index is -3.32. The zero-order chi connectivity index (χ0) is 16.2. The number of ether oxygens (including phenoxy) is 1. The number of hydrogen-bond donors (Lipinski definition) is 1. The van der Waals surface area contributed by atoms with Crippen LogP contribution in [0.1, 0.15) is 5.56 Å². The molecule has 1 aromatic heterocycles. The summed E-state index contributed by atoms with van der Waals surface area (Å²) in [6.07, 6.45) is 3.50. The molecule has 7 nitrogen and oxygen atoms in total. The first kappa shape index (κ1) is 16.9. The van der Waals surface area contributed by atoms with Crippen molar-refractivity contribution in [3.63, 3.8) is 0 Å². The zero-order valence-corrected chi connectivity index (χ0v) is 13.5. The van der Waals surface area contributed by atoms with Gasteiger partial charge in [0.05, 0.1) is 31.4 Å². The average Bonchev–Trinajstić information content (AvgIpc) is 2.86. The van der Waals surface area contributed by atoms with E-state index in [0.29, 0.717) is 13.2 Å². The molecule has 0 unspecified atom stereocenters. The van der Waals surface area contributed by atoms with Crippen LogP contribution in [0, 0.1) is 5.92 Å². The molecule has 0 saturated carbocycles. The third-order valence-electron chi connectivity index (χ3n) is 3.61. The highest BCUT2D eigenvalue weighted by molar-refractivity contribution is 7.89. The van der Waals surface area contributed by atoms with Gasteiger partial charge in [-0.3, -0.25) is 9.78 Å². The van der Waals surface area contributed by atoms with Crippen molar-refractivity contribution in [2.75, 3.05) is 33.1 Å². The molecule has 0 radical (unpaired) electrons. The molecule has 2 atom stereocenters. The second-order valence-electron chi connectivity index (χ2n) is 5.57. The minimum Gasteiger partial charge on any atom is -0.379 e. The lowest BCUT2D eigenvalue weighted by atomic mass is 10.1. The molecule has 1 amide bonds. The Kier molecular flexibility index (Phi) is 5.49. The first-order chi connectivity index (χ1) is 10.4. The monoisotopic (exact) mass is 327 g/mol. The summed E-state index contributed by atoms with van der Waals surface area (Å²) in [5.74, 6) is -0.418. The number of pyridine rings is 1. The van der Waals surface area contributed by atoms with E-state index >= 15 is 0 Å². The SMILES string of the molecule is CN(C)S(=O)(=O)C[C@@H]1COC[C@H]1NC(=O)Cc1cccnc1. The van der Waals surface area contributed by atoms with E-state index in [1.54, 1.807) is 18.5 Å². The number of sulfonamides is 1. The van der Waals surface area contributed by atoms with Gasteiger partial charge in [-0.05, 0) is 11.6 Å². The van der Waals surface area contributed by atoms with Crippen LogP contribution < -0.4 is 5.32 Å². The summed E-state index contributed by atoms with van der Waals surface area (Å²) in [4.78, 5) is 16.0. The van der Waals surface area contributed by atoms with Crippen molar-refractivity contribution in [2.24, 2.45) is 5.92 Å². The molecule has 1 aliphatic heterocycles. The molecule has 1 aliphatic rings. The topological polar surface area (TPSA) is 88.6 Å². The number of rotatable bonds is 6. The second-order valence-corrected chi connectivity index (χ2v) is 7.80. The van der Waals surface area contributed by atoms with Crippen LogP contribution in [0.25, 0.3) is 0 Å². The molecule has 2 heterocycles. The number of amides is 1. The number of carbonyl (C=O) groups is 1. The molecule has 1 N–H and O–H groups in total. The van der Waals surface area contributed by atoms with Gasteiger partial charge in [-0.25, -0.2) is 12.7 Å². The molecule has 2 rings (SSSR count). The van der Waals surface area contributed by atoms with E-state index < -0.39 is 10.0 Å². The lowest BCUT2D eigenvalue weighted by Gasteiger charge is -2.21. The van der Waals surface area contributed by atoms with Gasteiger partial charge in [-0.15, -0.1) is 0 Å². The third-order valence-corrected chi connectivity index (χ3v) is 5.58. The van der Waals surface area contributed by atoms with Crippen molar-refractivity contribution >= 4 is 15.9 Å². The van der Waals surface area contributed by atoms with Crippen molar-refractivity contribution < 1.29 is 17.9 Å². The first-order valence-electron chi connectivity index (χ1n) is 7.04. The van der Waals surface area contributed by atoms with E-state index in [4.69, 9.17) is 4.74 Å². The molecule has 0 aromatic carbocycles. The fraction of sp³-hybridized carbons (Fsp3) is 0.571. The minimum absolute atomic E-state index is 0.0299. The van der Waals surface area contributed by atoms with Crippen molar-refractivity contribution in [1.29, 1.82) is 0 Å². The van der Waals surface area contributed by atoms with Crippen molar-refractivity contribution in [3.05, 3.63) is 30.1 Å². The van der Waals surface area contributed by atoms with Crippen LogP contribution in [-0.2, 0) is 26.0 Å². The third kappa shape index (κ3) is 4.49. The predicted octanol–water partition coefficient (Wildman–Crippen LogP) is -0.353. The van der Waals surface area contributed by atoms with Gasteiger partial charge in [-0.2, -0.15) is 0 Å². The molecule has 122 valence electrons. The Labute approximate surface area is 130 Å². The summed E-state index contributed by atoms with van der Waals surface area (Å²) in [5, 5.41) is 2.86. The molecule has 0 bridgehead atoms. The highest BCUT2D eigenvalue weighted by Gasteiger charge is 2.34. The Morgan fingerprint density at radius 3 is 2.86 bits per heavy atom. The van der Waals surface area contributed by atoms with Gasteiger partial charge in [0, 0.05) is 32.4 Å². The van der Waals surface area contributed by atoms with Crippen LogP contribution in [0.2, 0.25) is 0 Å². The lowest BCUT2D eigenvalue weighted by molar-refractivity contribution is -0.121. The quantitative estimate of drug-likeness (QED) is 0.771. The van der Waals surface area contributed by atoms with Crippen LogP contribution in [0.15, 0.2) is 24.5 Å². The fourth-order valence-electron chi connectivity index (χ4n) is 2.29. The van der Waals surface area contributed by atoms with Crippen molar-refractivity contribution in [2.45, 2.75) is 12.5 Å². The molecule has 0 aliphatic carbocycles. The van der Waals surface area contributed by atoms with Crippen molar-refractivity contribution in [3.8, 4) is 0 Å². The average molecular weight is 327 g/mol. The Morgan fingerprint density at radius 1 is 1.45 bits per heavy atom. The van der Waals surface area contributed by atoms with E-state index in [0.717, 1.165) is 5.56 Å². The van der Waals surface area contributed by atoms with Crippen molar-refractivity contribution in [1.82, 2.24) is 14.6 Å². The standard InChI is InChI=1S/C14H21N3O4S/c1-17(2)22(19,20)10-12-8-21-9-13(12)16-14(18)6-11-4-3-5-15-7-11/h3-5,7,12-13H,6,8-10H2,1-2H3,(H,16,18)/t12-,13+/m0/s1. The number of hydrogen-bond acceptors (Lipinski definition) is 5. The highest BCUT2D eigenvalue weighted by Crippen LogP contribution is 2.17. The van der Waals surface area contributed by atoms with Gasteiger partial charge in [0.25, 0.3) is 0 Å². The van der Waals surface area contributed by atoms with Gasteiger partial charge in [0.1, 0.15) is 0 Å². The number of nitrogens with zero attached hydrogens (tertiary/aromatic N) is 2. The van der Waals surface area contributed by atoms with Gasteiger partial charge in [0.2, 0.25) is 15.9 Å². The maximum Gasteiger partial charge on any atom is 0.224 e. The fourth-order valence-corrected chi connectivity index (χ4v) is 3.46. The Bertz CT molecular complexity index is 604. The van der Waals surface area contributed by atoms with Crippen LogP contribution >= 0.6 is 0 Å². The predicted molar refractivity (Wildman–Crippen MR) is 81.7 cm³/mol. The largest absolute Gasteiger partial charge is 0.379 e. The zero-order valence-electron chi connectivity index (χ0n) is 12.7. The van der Waals surface area contributed by atoms with Gasteiger partial charge >= 0.3 is 0 Å². The maximum absolute atomic E-state index is 12.1. The molecule has 22 heavy (non-hydrogen) atoms. The van der Waals surface area contributed by atoms with E-state index in [1.165, 1.54) is 18.4 Å².